The van der Waals surface area contributed by atoms with Crippen molar-refractivity contribution in [3.8, 4) is 0 Å². The van der Waals surface area contributed by atoms with Gasteiger partial charge in [-0.1, -0.05) is 19.8 Å². The van der Waals surface area contributed by atoms with Crippen molar-refractivity contribution < 1.29 is 0 Å². The molecule has 1 aliphatic heterocycles. The third-order valence-electron chi connectivity index (χ3n) is 2.99. The lowest BCUT2D eigenvalue weighted by atomic mass is 9.91. The third-order valence-corrected chi connectivity index (χ3v) is 2.99. The molecular weight excluding hydrogens is 184 g/mol. The predicted octanol–water partition coefficient (Wildman–Crippen LogP) is 2.64. The van der Waals surface area contributed by atoms with E-state index in [0.717, 1.165) is 0 Å². The molecule has 0 unspecified atom stereocenters. The lowest BCUT2D eigenvalue weighted by Gasteiger charge is -2.48. The maximum atomic E-state index is 3.71. The smallest absolute Gasteiger partial charge is 0.0257 e. The molecule has 0 atom stereocenters. The SMILES string of the molecule is CCCCCN1CC(C)(C)NC(C)(C)C1. The number of hydrogen-bond acceptors (Lipinski definition) is 2. The van der Waals surface area contributed by atoms with E-state index in [1.807, 2.05) is 0 Å². The predicted molar refractivity (Wildman–Crippen MR) is 67.3 cm³/mol. The Labute approximate surface area is 95.4 Å². The van der Waals surface area contributed by atoms with Crippen LogP contribution >= 0.6 is 0 Å². The van der Waals surface area contributed by atoms with Crippen LogP contribution in [0.25, 0.3) is 0 Å². The van der Waals surface area contributed by atoms with E-state index in [4.69, 9.17) is 0 Å². The van der Waals surface area contributed by atoms with Gasteiger partial charge in [0.05, 0.1) is 0 Å². The van der Waals surface area contributed by atoms with E-state index < -0.39 is 0 Å². The topological polar surface area (TPSA) is 15.3 Å². The molecule has 1 saturated heterocycles. The van der Waals surface area contributed by atoms with Crippen LogP contribution in [0.2, 0.25) is 0 Å². The van der Waals surface area contributed by atoms with Crippen LogP contribution in [0.15, 0.2) is 0 Å². The quantitative estimate of drug-likeness (QED) is 0.721. The summed E-state index contributed by atoms with van der Waals surface area (Å²) in [6.07, 6.45) is 4.03. The first-order valence-electron chi connectivity index (χ1n) is 6.36. The number of nitrogens with one attached hydrogen (secondary N) is 1. The highest BCUT2D eigenvalue weighted by Crippen LogP contribution is 2.21. The Hall–Kier alpha value is -0.0800. The van der Waals surface area contributed by atoms with Gasteiger partial charge in [-0.05, 0) is 40.7 Å². The van der Waals surface area contributed by atoms with Gasteiger partial charge in [-0.3, -0.25) is 4.90 Å². The van der Waals surface area contributed by atoms with Crippen molar-refractivity contribution in [2.75, 3.05) is 19.6 Å². The number of unbranched alkanes of at least 4 members (excludes halogenated alkanes) is 2. The summed E-state index contributed by atoms with van der Waals surface area (Å²) < 4.78 is 0. The number of rotatable bonds is 4. The molecule has 0 aliphatic carbocycles. The Bertz CT molecular complexity index is 181. The minimum absolute atomic E-state index is 0.258. The number of nitrogens with zero attached hydrogens (tertiary/aromatic N) is 1. The first-order valence-corrected chi connectivity index (χ1v) is 6.36. The second-order valence-electron chi connectivity index (χ2n) is 6.31. The van der Waals surface area contributed by atoms with Crippen LogP contribution in [0.5, 0.6) is 0 Å². The summed E-state index contributed by atoms with van der Waals surface area (Å²) >= 11 is 0. The first-order chi connectivity index (χ1) is 6.85. The van der Waals surface area contributed by atoms with E-state index in [1.165, 1.54) is 38.9 Å². The second kappa shape index (κ2) is 4.84. The maximum Gasteiger partial charge on any atom is 0.0257 e. The van der Waals surface area contributed by atoms with Crippen molar-refractivity contribution in [1.82, 2.24) is 10.2 Å². The Morgan fingerprint density at radius 1 is 1.00 bits per heavy atom. The molecule has 1 heterocycles. The van der Waals surface area contributed by atoms with Gasteiger partial charge < -0.3 is 5.32 Å². The summed E-state index contributed by atoms with van der Waals surface area (Å²) in [7, 11) is 0. The van der Waals surface area contributed by atoms with Crippen LogP contribution in [0.3, 0.4) is 0 Å². The number of hydrogen-bond donors (Lipinski definition) is 1. The highest BCUT2D eigenvalue weighted by molar-refractivity contribution is 4.97. The molecule has 0 amide bonds. The van der Waals surface area contributed by atoms with Gasteiger partial charge >= 0.3 is 0 Å². The van der Waals surface area contributed by atoms with Crippen LogP contribution in [0, 0.1) is 0 Å². The second-order valence-corrected chi connectivity index (χ2v) is 6.31. The molecule has 0 aromatic rings. The molecule has 0 bridgehead atoms. The monoisotopic (exact) mass is 212 g/mol. The first kappa shape index (κ1) is 13.0. The molecule has 0 radical (unpaired) electrons. The van der Waals surface area contributed by atoms with Gasteiger partial charge in [-0.15, -0.1) is 0 Å². The van der Waals surface area contributed by atoms with Crippen LogP contribution in [0.1, 0.15) is 53.9 Å². The summed E-state index contributed by atoms with van der Waals surface area (Å²) in [6.45, 7) is 15.1. The Morgan fingerprint density at radius 2 is 1.53 bits per heavy atom. The zero-order chi connectivity index (χ0) is 11.5. The van der Waals surface area contributed by atoms with Crippen LogP contribution in [0.4, 0.5) is 0 Å². The minimum atomic E-state index is 0.258. The molecule has 0 aromatic heterocycles. The van der Waals surface area contributed by atoms with E-state index in [1.54, 1.807) is 0 Å². The lowest BCUT2D eigenvalue weighted by Crippen LogP contribution is -2.66. The molecule has 0 spiro atoms. The zero-order valence-corrected chi connectivity index (χ0v) is 11.2. The van der Waals surface area contributed by atoms with Crippen molar-refractivity contribution in [3.05, 3.63) is 0 Å². The van der Waals surface area contributed by atoms with Crippen LogP contribution in [-0.2, 0) is 0 Å². The largest absolute Gasteiger partial charge is 0.304 e. The van der Waals surface area contributed by atoms with Gasteiger partial charge in [-0.25, -0.2) is 0 Å². The standard InChI is InChI=1S/C13H28N2/c1-6-7-8-9-15-10-12(2,3)14-13(4,5)11-15/h14H,6-11H2,1-5H3. The van der Waals surface area contributed by atoms with Gasteiger partial charge in [0.25, 0.3) is 0 Å². The average Bonchev–Trinajstić information content (AvgIpc) is 1.98. The van der Waals surface area contributed by atoms with Gasteiger partial charge in [0.2, 0.25) is 0 Å². The molecule has 2 nitrogen and oxygen atoms in total. The van der Waals surface area contributed by atoms with Crippen molar-refractivity contribution >= 4 is 0 Å². The van der Waals surface area contributed by atoms with E-state index in [9.17, 15) is 0 Å². The molecule has 1 N–H and O–H groups in total. The molecule has 15 heavy (non-hydrogen) atoms. The fraction of sp³-hybridized carbons (Fsp3) is 1.00. The summed E-state index contributed by atoms with van der Waals surface area (Å²) in [5.74, 6) is 0. The fourth-order valence-corrected chi connectivity index (χ4v) is 2.91. The van der Waals surface area contributed by atoms with Crippen LogP contribution < -0.4 is 5.32 Å². The lowest BCUT2D eigenvalue weighted by molar-refractivity contribution is 0.0770. The molecule has 1 aliphatic rings. The number of piperazine rings is 1. The highest BCUT2D eigenvalue weighted by Gasteiger charge is 2.35. The van der Waals surface area contributed by atoms with Gasteiger partial charge in [0, 0.05) is 24.2 Å². The summed E-state index contributed by atoms with van der Waals surface area (Å²) in [5.41, 5.74) is 0.516. The molecule has 90 valence electrons. The summed E-state index contributed by atoms with van der Waals surface area (Å²) in [5, 5.41) is 3.71. The average molecular weight is 212 g/mol. The van der Waals surface area contributed by atoms with Crippen molar-refractivity contribution in [1.29, 1.82) is 0 Å². The van der Waals surface area contributed by atoms with Crippen molar-refractivity contribution in [2.45, 2.75) is 65.0 Å². The molecule has 0 aromatic carbocycles. The summed E-state index contributed by atoms with van der Waals surface area (Å²) in [4.78, 5) is 2.62. The van der Waals surface area contributed by atoms with Crippen LogP contribution in [-0.4, -0.2) is 35.6 Å². The fourth-order valence-electron chi connectivity index (χ4n) is 2.91. The van der Waals surface area contributed by atoms with Crippen molar-refractivity contribution in [2.24, 2.45) is 0 Å². The van der Waals surface area contributed by atoms with Gasteiger partial charge in [0.1, 0.15) is 0 Å². The van der Waals surface area contributed by atoms with E-state index >= 15 is 0 Å². The zero-order valence-electron chi connectivity index (χ0n) is 11.2. The summed E-state index contributed by atoms with van der Waals surface area (Å²) in [6, 6.07) is 0. The Kier molecular flexibility index (Phi) is 4.19. The molecule has 0 saturated carbocycles. The molecule has 1 fully saturated rings. The minimum Gasteiger partial charge on any atom is -0.304 e. The Balaban J connectivity index is 2.44. The molecular formula is C13H28N2. The highest BCUT2D eigenvalue weighted by atomic mass is 15.3. The van der Waals surface area contributed by atoms with E-state index in [0.29, 0.717) is 0 Å². The van der Waals surface area contributed by atoms with Gasteiger partial charge in [0.15, 0.2) is 0 Å². The van der Waals surface area contributed by atoms with E-state index in [2.05, 4.69) is 44.8 Å². The van der Waals surface area contributed by atoms with Gasteiger partial charge in [-0.2, -0.15) is 0 Å². The molecule has 1 rings (SSSR count). The van der Waals surface area contributed by atoms with Crippen molar-refractivity contribution in [3.63, 3.8) is 0 Å². The molecule has 2 heteroatoms. The normalized spacial score (nSPS) is 25.4. The van der Waals surface area contributed by atoms with E-state index in [-0.39, 0.29) is 11.1 Å². The maximum absolute atomic E-state index is 3.71. The Morgan fingerprint density at radius 3 is 2.00 bits per heavy atom. The third kappa shape index (κ3) is 4.52.